The summed E-state index contributed by atoms with van der Waals surface area (Å²) in [5.74, 6) is 1.01. The normalized spacial score (nSPS) is 10.6. The van der Waals surface area contributed by atoms with Gasteiger partial charge in [0, 0.05) is 12.4 Å². The van der Waals surface area contributed by atoms with Crippen LogP contribution in [0.4, 0.5) is 5.69 Å². The van der Waals surface area contributed by atoms with Gasteiger partial charge >= 0.3 is 0 Å². The molecule has 0 radical (unpaired) electrons. The lowest BCUT2D eigenvalue weighted by molar-refractivity contribution is 0.391. The minimum absolute atomic E-state index is 0.442. The third-order valence-electron chi connectivity index (χ3n) is 2.81. The summed E-state index contributed by atoms with van der Waals surface area (Å²) in [4.78, 5) is 8.40. The minimum atomic E-state index is 0.442. The van der Waals surface area contributed by atoms with E-state index in [4.69, 9.17) is 10.5 Å². The SMILES string of the molecule is CCc1nn(-c2nccnc2OC)c(CC)c1N. The van der Waals surface area contributed by atoms with Crippen LogP contribution in [-0.2, 0) is 12.8 Å². The van der Waals surface area contributed by atoms with Crippen LogP contribution in [0.25, 0.3) is 5.82 Å². The molecule has 2 aromatic heterocycles. The second-order valence-electron chi connectivity index (χ2n) is 3.82. The average molecular weight is 247 g/mol. The van der Waals surface area contributed by atoms with Crippen molar-refractivity contribution >= 4 is 5.69 Å². The van der Waals surface area contributed by atoms with Crippen molar-refractivity contribution in [2.75, 3.05) is 12.8 Å². The van der Waals surface area contributed by atoms with Crippen LogP contribution in [-0.4, -0.2) is 26.9 Å². The number of anilines is 1. The van der Waals surface area contributed by atoms with Gasteiger partial charge in [-0.05, 0) is 12.8 Å². The summed E-state index contributed by atoms with van der Waals surface area (Å²) in [5, 5.41) is 4.49. The summed E-state index contributed by atoms with van der Waals surface area (Å²) < 4.78 is 6.93. The molecule has 0 fully saturated rings. The van der Waals surface area contributed by atoms with Crippen molar-refractivity contribution in [2.45, 2.75) is 26.7 Å². The fourth-order valence-electron chi connectivity index (χ4n) is 1.90. The Morgan fingerprint density at radius 2 is 1.94 bits per heavy atom. The number of hydrogen-bond donors (Lipinski definition) is 1. The number of methoxy groups -OCH3 is 1. The molecule has 0 amide bonds. The van der Waals surface area contributed by atoms with Crippen molar-refractivity contribution in [1.29, 1.82) is 0 Å². The van der Waals surface area contributed by atoms with Gasteiger partial charge in [0.25, 0.3) is 5.88 Å². The number of nitrogens with two attached hydrogens (primary N) is 1. The van der Waals surface area contributed by atoms with Crippen LogP contribution < -0.4 is 10.5 Å². The zero-order valence-electron chi connectivity index (χ0n) is 10.8. The van der Waals surface area contributed by atoms with Gasteiger partial charge in [-0.3, -0.25) is 0 Å². The van der Waals surface area contributed by atoms with Gasteiger partial charge in [0.1, 0.15) is 0 Å². The van der Waals surface area contributed by atoms with Crippen molar-refractivity contribution in [2.24, 2.45) is 0 Å². The monoisotopic (exact) mass is 247 g/mol. The van der Waals surface area contributed by atoms with Gasteiger partial charge < -0.3 is 10.5 Å². The topological polar surface area (TPSA) is 78.8 Å². The zero-order chi connectivity index (χ0) is 13.1. The van der Waals surface area contributed by atoms with Crippen LogP contribution in [0, 0.1) is 0 Å². The van der Waals surface area contributed by atoms with Crippen molar-refractivity contribution < 1.29 is 4.74 Å². The standard InChI is InChI=1S/C12H17N5O/c1-4-8-10(13)9(5-2)17(16-8)11-12(18-3)15-7-6-14-11/h6-7H,4-5,13H2,1-3H3. The van der Waals surface area contributed by atoms with E-state index >= 15 is 0 Å². The number of aromatic nitrogens is 4. The zero-order valence-corrected chi connectivity index (χ0v) is 10.8. The van der Waals surface area contributed by atoms with Crippen molar-refractivity contribution in [3.05, 3.63) is 23.8 Å². The molecular weight excluding hydrogens is 230 g/mol. The first-order valence-corrected chi connectivity index (χ1v) is 5.94. The number of nitrogens with zero attached hydrogens (tertiary/aromatic N) is 4. The number of ether oxygens (including phenoxy) is 1. The maximum atomic E-state index is 6.08. The Bertz CT molecular complexity index is 549. The van der Waals surface area contributed by atoms with Gasteiger partial charge in [-0.15, -0.1) is 0 Å². The molecule has 6 heteroatoms. The van der Waals surface area contributed by atoms with E-state index < -0.39 is 0 Å². The average Bonchev–Trinajstić information content (AvgIpc) is 2.74. The molecule has 0 spiro atoms. The van der Waals surface area contributed by atoms with Crippen molar-refractivity contribution in [3.8, 4) is 11.7 Å². The van der Waals surface area contributed by atoms with E-state index in [1.165, 1.54) is 0 Å². The molecule has 0 unspecified atom stereocenters. The fourth-order valence-corrected chi connectivity index (χ4v) is 1.90. The lowest BCUT2D eigenvalue weighted by Gasteiger charge is -2.08. The van der Waals surface area contributed by atoms with E-state index in [1.54, 1.807) is 24.2 Å². The van der Waals surface area contributed by atoms with Crippen LogP contribution >= 0.6 is 0 Å². The second kappa shape index (κ2) is 5.03. The highest BCUT2D eigenvalue weighted by molar-refractivity contribution is 5.52. The predicted octanol–water partition coefficient (Wildman–Crippen LogP) is 1.38. The number of nitrogen functional groups attached to an aromatic ring is 1. The molecule has 0 atom stereocenters. The molecule has 0 saturated carbocycles. The summed E-state index contributed by atoms with van der Waals surface area (Å²) in [6.07, 6.45) is 4.76. The fraction of sp³-hybridized carbons (Fsp3) is 0.417. The third-order valence-corrected chi connectivity index (χ3v) is 2.81. The smallest absolute Gasteiger partial charge is 0.259 e. The molecule has 0 bridgehead atoms. The van der Waals surface area contributed by atoms with Crippen LogP contribution in [0.1, 0.15) is 25.2 Å². The third kappa shape index (κ3) is 1.90. The molecule has 0 aliphatic heterocycles. The van der Waals surface area contributed by atoms with Crippen molar-refractivity contribution in [1.82, 2.24) is 19.7 Å². The van der Waals surface area contributed by atoms with E-state index in [0.29, 0.717) is 11.7 Å². The number of aryl methyl sites for hydroxylation is 1. The van der Waals surface area contributed by atoms with Gasteiger partial charge in [0.15, 0.2) is 0 Å². The molecule has 0 aliphatic rings. The van der Waals surface area contributed by atoms with Gasteiger partial charge in [-0.2, -0.15) is 5.10 Å². The Morgan fingerprint density at radius 3 is 2.56 bits per heavy atom. The van der Waals surface area contributed by atoms with Gasteiger partial charge in [0.2, 0.25) is 5.82 Å². The van der Waals surface area contributed by atoms with Crippen LogP contribution in [0.5, 0.6) is 5.88 Å². The lowest BCUT2D eigenvalue weighted by atomic mass is 10.2. The Morgan fingerprint density at radius 1 is 1.22 bits per heavy atom. The highest BCUT2D eigenvalue weighted by Crippen LogP contribution is 2.24. The Labute approximate surface area is 106 Å². The van der Waals surface area contributed by atoms with Crippen LogP contribution in [0.3, 0.4) is 0 Å². The lowest BCUT2D eigenvalue weighted by Crippen LogP contribution is -2.07. The molecule has 96 valence electrons. The van der Waals surface area contributed by atoms with Crippen molar-refractivity contribution in [3.63, 3.8) is 0 Å². The first kappa shape index (κ1) is 12.3. The van der Waals surface area contributed by atoms with E-state index in [2.05, 4.69) is 15.1 Å². The molecule has 2 N–H and O–H groups in total. The number of rotatable bonds is 4. The van der Waals surface area contributed by atoms with Gasteiger partial charge in [-0.1, -0.05) is 13.8 Å². The van der Waals surface area contributed by atoms with Crippen LogP contribution in [0.2, 0.25) is 0 Å². The van der Waals surface area contributed by atoms with E-state index in [9.17, 15) is 0 Å². The minimum Gasteiger partial charge on any atom is -0.478 e. The summed E-state index contributed by atoms with van der Waals surface area (Å²) >= 11 is 0. The summed E-state index contributed by atoms with van der Waals surface area (Å²) in [7, 11) is 1.56. The molecule has 2 aromatic rings. The summed E-state index contributed by atoms with van der Waals surface area (Å²) in [6.45, 7) is 4.06. The maximum absolute atomic E-state index is 6.08. The predicted molar refractivity (Wildman–Crippen MR) is 68.9 cm³/mol. The Balaban J connectivity index is 2.63. The van der Waals surface area contributed by atoms with E-state index in [0.717, 1.165) is 29.9 Å². The van der Waals surface area contributed by atoms with Crippen LogP contribution in [0.15, 0.2) is 12.4 Å². The maximum Gasteiger partial charge on any atom is 0.259 e. The molecule has 0 aliphatic carbocycles. The molecule has 2 heterocycles. The van der Waals surface area contributed by atoms with Gasteiger partial charge in [0.05, 0.1) is 24.2 Å². The second-order valence-corrected chi connectivity index (χ2v) is 3.82. The highest BCUT2D eigenvalue weighted by atomic mass is 16.5. The molecule has 18 heavy (non-hydrogen) atoms. The first-order valence-electron chi connectivity index (χ1n) is 5.94. The molecular formula is C12H17N5O. The molecule has 0 saturated heterocycles. The Hall–Kier alpha value is -2.11. The van der Waals surface area contributed by atoms with Gasteiger partial charge in [-0.25, -0.2) is 14.6 Å². The first-order chi connectivity index (χ1) is 8.72. The highest BCUT2D eigenvalue weighted by Gasteiger charge is 2.18. The summed E-state index contributed by atoms with van der Waals surface area (Å²) in [5.41, 5.74) is 8.62. The Kier molecular flexibility index (Phi) is 3.45. The molecule has 2 rings (SSSR count). The quantitative estimate of drug-likeness (QED) is 0.883. The van der Waals surface area contributed by atoms with E-state index in [-0.39, 0.29) is 0 Å². The van der Waals surface area contributed by atoms with E-state index in [1.807, 2.05) is 13.8 Å². The largest absolute Gasteiger partial charge is 0.478 e. The summed E-state index contributed by atoms with van der Waals surface area (Å²) in [6, 6.07) is 0. The molecule has 0 aromatic carbocycles. The number of hydrogen-bond acceptors (Lipinski definition) is 5. The molecule has 6 nitrogen and oxygen atoms in total.